The molecule has 0 saturated heterocycles. The van der Waals surface area contributed by atoms with Crippen molar-refractivity contribution >= 4 is 34.7 Å². The molecule has 23 heavy (non-hydrogen) atoms. The maximum absolute atomic E-state index is 12.3. The first-order valence-electron chi connectivity index (χ1n) is 6.80. The predicted molar refractivity (Wildman–Crippen MR) is 87.4 cm³/mol. The van der Waals surface area contributed by atoms with Crippen molar-refractivity contribution in [2.75, 3.05) is 13.7 Å². The minimum atomic E-state index is -0.959. The van der Waals surface area contributed by atoms with E-state index in [9.17, 15) is 14.4 Å². The topological polar surface area (TPSA) is 94.1 Å². The molecule has 1 rings (SSSR count). The number of methoxy groups -OCH3 is 1. The molecule has 8 heteroatoms. The van der Waals surface area contributed by atoms with Crippen LogP contribution < -0.4 is 5.43 Å². The fraction of sp³-hybridized carbons (Fsp3) is 0.333. The number of nitrogens with one attached hydrogen (secondary N) is 1. The van der Waals surface area contributed by atoms with Crippen molar-refractivity contribution in [3.8, 4) is 0 Å². The zero-order valence-electron chi connectivity index (χ0n) is 13.1. The van der Waals surface area contributed by atoms with Gasteiger partial charge in [0.2, 0.25) is 5.12 Å². The van der Waals surface area contributed by atoms with Crippen LogP contribution in [0.4, 0.5) is 4.79 Å². The molecular formula is C15H18N2O5S. The molecule has 0 aliphatic carbocycles. The highest BCUT2D eigenvalue weighted by Gasteiger charge is 2.28. The number of benzene rings is 1. The van der Waals surface area contributed by atoms with E-state index in [0.29, 0.717) is 5.56 Å². The van der Waals surface area contributed by atoms with Crippen LogP contribution in [0.1, 0.15) is 24.2 Å². The molecule has 0 saturated carbocycles. The fourth-order valence-corrected chi connectivity index (χ4v) is 2.38. The van der Waals surface area contributed by atoms with Gasteiger partial charge in [-0.15, -0.1) is 0 Å². The number of carbonyl (C=O) groups is 3. The Morgan fingerprint density at radius 3 is 2.48 bits per heavy atom. The number of carbonyl (C=O) groups excluding carboxylic acids is 3. The second-order valence-electron chi connectivity index (χ2n) is 4.26. The molecule has 0 bridgehead atoms. The summed E-state index contributed by atoms with van der Waals surface area (Å²) in [4.78, 5) is 35.3. The minimum absolute atomic E-state index is 0.174. The normalized spacial score (nSPS) is 12.2. The van der Waals surface area contributed by atoms with Gasteiger partial charge in [0.05, 0.1) is 19.4 Å². The Kier molecular flexibility index (Phi) is 7.82. The highest BCUT2D eigenvalue weighted by molar-refractivity contribution is 8.15. The van der Waals surface area contributed by atoms with Crippen LogP contribution in [0.15, 0.2) is 35.4 Å². The Hall–Kier alpha value is -2.35. The second-order valence-corrected chi connectivity index (χ2v) is 5.34. The quantitative estimate of drug-likeness (QED) is 0.485. The summed E-state index contributed by atoms with van der Waals surface area (Å²) in [7, 11) is 1.19. The summed E-state index contributed by atoms with van der Waals surface area (Å²) in [5, 5.41) is 2.51. The molecule has 1 aromatic carbocycles. The first kappa shape index (κ1) is 18.7. The molecule has 0 spiro atoms. The monoisotopic (exact) mass is 338 g/mol. The van der Waals surface area contributed by atoms with Crippen molar-refractivity contribution < 1.29 is 23.9 Å². The van der Waals surface area contributed by atoms with Crippen molar-refractivity contribution in [2.24, 2.45) is 5.10 Å². The Morgan fingerprint density at radius 2 is 1.91 bits per heavy atom. The predicted octanol–water partition coefficient (Wildman–Crippen LogP) is 2.22. The molecule has 0 aliphatic rings. The summed E-state index contributed by atoms with van der Waals surface area (Å²) in [5.74, 6) is -0.602. The number of ether oxygens (including phenoxy) is 2. The number of rotatable bonds is 6. The summed E-state index contributed by atoms with van der Waals surface area (Å²) in [6, 6.07) is 8.55. The molecule has 0 aliphatic heterocycles. The van der Waals surface area contributed by atoms with Crippen LogP contribution >= 0.6 is 11.8 Å². The van der Waals surface area contributed by atoms with Gasteiger partial charge in [-0.1, -0.05) is 42.1 Å². The van der Waals surface area contributed by atoms with Gasteiger partial charge in [0.15, 0.2) is 0 Å². The van der Waals surface area contributed by atoms with Crippen LogP contribution in [0.3, 0.4) is 0 Å². The van der Waals surface area contributed by atoms with E-state index in [-0.39, 0.29) is 17.4 Å². The highest BCUT2D eigenvalue weighted by atomic mass is 32.2. The Bertz CT molecular complexity index is 589. The van der Waals surface area contributed by atoms with E-state index in [1.54, 1.807) is 37.3 Å². The molecule has 124 valence electrons. The number of thioether (sulfide) groups is 1. The number of hydrazone groups is 1. The van der Waals surface area contributed by atoms with Gasteiger partial charge in [-0.2, -0.15) is 5.10 Å². The van der Waals surface area contributed by atoms with Crippen molar-refractivity contribution in [2.45, 2.75) is 19.1 Å². The van der Waals surface area contributed by atoms with Gasteiger partial charge in [0, 0.05) is 5.56 Å². The molecule has 0 aromatic heterocycles. The standard InChI is InChI=1S/C15H18N2O5S/c1-4-22-13(18)12(10(2)16-17-15(20)21-3)23-14(19)11-8-6-5-7-9-11/h5-9,12H,4H2,1-3H3,(H,17,20)/b16-10+. The molecule has 1 amide bonds. The third kappa shape index (κ3) is 6.11. The van der Waals surface area contributed by atoms with Gasteiger partial charge in [-0.25, -0.2) is 10.2 Å². The fourth-order valence-electron chi connectivity index (χ4n) is 1.51. The van der Waals surface area contributed by atoms with E-state index in [1.807, 2.05) is 0 Å². The molecule has 1 aromatic rings. The Morgan fingerprint density at radius 1 is 1.26 bits per heavy atom. The second kappa shape index (κ2) is 9.62. The molecule has 0 radical (unpaired) electrons. The summed E-state index contributed by atoms with van der Waals surface area (Å²) in [6.45, 7) is 3.35. The van der Waals surface area contributed by atoms with Gasteiger partial charge < -0.3 is 9.47 Å². The molecule has 0 fully saturated rings. The van der Waals surface area contributed by atoms with Crippen LogP contribution in [-0.2, 0) is 14.3 Å². The maximum Gasteiger partial charge on any atom is 0.427 e. The van der Waals surface area contributed by atoms with Gasteiger partial charge in [-0.3, -0.25) is 9.59 Å². The Balaban J connectivity index is 2.90. The SMILES string of the molecule is CCOC(=O)C(SC(=O)c1ccccc1)/C(C)=N/NC(=O)OC. The average molecular weight is 338 g/mol. The third-order valence-electron chi connectivity index (χ3n) is 2.62. The maximum atomic E-state index is 12.3. The van der Waals surface area contributed by atoms with Crippen molar-refractivity contribution in [1.29, 1.82) is 0 Å². The lowest BCUT2D eigenvalue weighted by Gasteiger charge is -2.14. The third-order valence-corrected chi connectivity index (χ3v) is 3.84. The molecule has 1 atom stereocenters. The van der Waals surface area contributed by atoms with Crippen LogP contribution in [0, 0.1) is 0 Å². The van der Waals surface area contributed by atoms with Crippen molar-refractivity contribution in [3.63, 3.8) is 0 Å². The summed E-state index contributed by atoms with van der Waals surface area (Å²) >= 11 is 0.777. The summed E-state index contributed by atoms with van der Waals surface area (Å²) in [5.41, 5.74) is 2.80. The average Bonchev–Trinajstić information content (AvgIpc) is 2.57. The molecular weight excluding hydrogens is 320 g/mol. The Labute approximate surface area is 138 Å². The van der Waals surface area contributed by atoms with E-state index in [1.165, 1.54) is 14.0 Å². The number of hydrogen-bond acceptors (Lipinski definition) is 7. The minimum Gasteiger partial charge on any atom is -0.465 e. The number of hydrogen-bond donors (Lipinski definition) is 1. The first-order valence-corrected chi connectivity index (χ1v) is 7.68. The molecule has 7 nitrogen and oxygen atoms in total. The summed E-state index contributed by atoms with van der Waals surface area (Å²) < 4.78 is 9.35. The number of esters is 1. The highest BCUT2D eigenvalue weighted by Crippen LogP contribution is 2.20. The van der Waals surface area contributed by atoms with Crippen LogP contribution in [0.2, 0.25) is 0 Å². The van der Waals surface area contributed by atoms with Crippen molar-refractivity contribution in [3.05, 3.63) is 35.9 Å². The van der Waals surface area contributed by atoms with Gasteiger partial charge in [-0.05, 0) is 13.8 Å². The van der Waals surface area contributed by atoms with Gasteiger partial charge in [0.25, 0.3) is 0 Å². The van der Waals surface area contributed by atoms with E-state index in [4.69, 9.17) is 4.74 Å². The lowest BCUT2D eigenvalue weighted by molar-refractivity contribution is -0.141. The zero-order valence-corrected chi connectivity index (χ0v) is 13.9. The lowest BCUT2D eigenvalue weighted by atomic mass is 10.2. The van der Waals surface area contributed by atoms with Gasteiger partial charge >= 0.3 is 12.1 Å². The number of nitrogens with zero attached hydrogens (tertiary/aromatic N) is 1. The van der Waals surface area contributed by atoms with Gasteiger partial charge in [0.1, 0.15) is 5.25 Å². The zero-order chi connectivity index (χ0) is 17.2. The lowest BCUT2D eigenvalue weighted by Crippen LogP contribution is -2.31. The smallest absolute Gasteiger partial charge is 0.427 e. The largest absolute Gasteiger partial charge is 0.465 e. The van der Waals surface area contributed by atoms with E-state index in [2.05, 4.69) is 15.3 Å². The van der Waals surface area contributed by atoms with E-state index in [0.717, 1.165) is 11.8 Å². The molecule has 1 N–H and O–H groups in total. The molecule has 0 heterocycles. The number of amides is 1. The van der Waals surface area contributed by atoms with Crippen LogP contribution in [0.5, 0.6) is 0 Å². The summed E-state index contributed by atoms with van der Waals surface area (Å²) in [6.07, 6.45) is -0.772. The van der Waals surface area contributed by atoms with Crippen LogP contribution in [0.25, 0.3) is 0 Å². The van der Waals surface area contributed by atoms with Crippen LogP contribution in [-0.4, -0.2) is 41.9 Å². The van der Waals surface area contributed by atoms with E-state index >= 15 is 0 Å². The first-order chi connectivity index (χ1) is 11.0. The van der Waals surface area contributed by atoms with E-state index < -0.39 is 17.3 Å². The van der Waals surface area contributed by atoms with Crippen molar-refractivity contribution in [1.82, 2.24) is 5.43 Å². The molecule has 1 unspecified atom stereocenters.